The van der Waals surface area contributed by atoms with Crippen molar-refractivity contribution in [2.24, 2.45) is 0 Å². The Kier molecular flexibility index (Phi) is 3.46. The van der Waals surface area contributed by atoms with E-state index in [4.69, 9.17) is 9.84 Å². The molecule has 0 amide bonds. The third-order valence-corrected chi connectivity index (χ3v) is 2.61. The van der Waals surface area contributed by atoms with Crippen molar-refractivity contribution in [2.45, 2.75) is 26.4 Å². The van der Waals surface area contributed by atoms with Crippen LogP contribution in [0.4, 0.5) is 0 Å². The molecule has 1 heterocycles. The van der Waals surface area contributed by atoms with Crippen molar-refractivity contribution >= 4 is 16.9 Å². The van der Waals surface area contributed by atoms with Crippen LogP contribution in [-0.2, 0) is 4.79 Å². The zero-order valence-electron chi connectivity index (χ0n) is 10.4. The molecule has 4 heteroatoms. The van der Waals surface area contributed by atoms with Gasteiger partial charge in [-0.1, -0.05) is 18.2 Å². The number of benzene rings is 1. The van der Waals surface area contributed by atoms with Gasteiger partial charge in [-0.05, 0) is 26.0 Å². The number of aromatic nitrogens is 1. The number of aliphatic carboxylic acids is 1. The average molecular weight is 245 g/mol. The number of nitrogens with zero attached hydrogens (tertiary/aromatic N) is 1. The minimum Gasteiger partial charge on any atom is -0.488 e. The number of aryl methyl sites for hydroxylation is 1. The summed E-state index contributed by atoms with van der Waals surface area (Å²) in [6.07, 6.45) is -0.405. The summed E-state index contributed by atoms with van der Waals surface area (Å²) in [6.45, 7) is 3.65. The summed E-state index contributed by atoms with van der Waals surface area (Å²) < 4.78 is 5.65. The Hall–Kier alpha value is -2.10. The van der Waals surface area contributed by atoms with E-state index in [1.165, 1.54) is 0 Å². The first-order chi connectivity index (χ1) is 8.56. The first kappa shape index (κ1) is 12.4. The SMILES string of the molecule is Cc1ccc2cccc(O[C@@H](C)CC(=O)O)c2n1. The lowest BCUT2D eigenvalue weighted by Crippen LogP contribution is -2.16. The van der Waals surface area contributed by atoms with Crippen LogP contribution in [0.25, 0.3) is 10.9 Å². The van der Waals surface area contributed by atoms with Crippen molar-refractivity contribution in [3.8, 4) is 5.75 Å². The van der Waals surface area contributed by atoms with Gasteiger partial charge in [0, 0.05) is 11.1 Å². The van der Waals surface area contributed by atoms with E-state index >= 15 is 0 Å². The minimum absolute atomic E-state index is 0.0256. The summed E-state index contributed by atoms with van der Waals surface area (Å²) in [7, 11) is 0. The molecule has 2 rings (SSSR count). The first-order valence-electron chi connectivity index (χ1n) is 5.81. The summed E-state index contributed by atoms with van der Waals surface area (Å²) in [6, 6.07) is 9.56. The van der Waals surface area contributed by atoms with Gasteiger partial charge in [-0.3, -0.25) is 4.79 Å². The zero-order valence-corrected chi connectivity index (χ0v) is 10.4. The van der Waals surface area contributed by atoms with Gasteiger partial charge in [-0.25, -0.2) is 4.98 Å². The number of carboxylic acids is 1. The minimum atomic E-state index is -0.869. The quantitative estimate of drug-likeness (QED) is 0.899. The van der Waals surface area contributed by atoms with E-state index in [0.29, 0.717) is 5.75 Å². The Morgan fingerprint density at radius 3 is 2.89 bits per heavy atom. The van der Waals surface area contributed by atoms with Crippen LogP contribution in [0, 0.1) is 6.92 Å². The number of pyridine rings is 1. The molecule has 18 heavy (non-hydrogen) atoms. The summed E-state index contributed by atoms with van der Waals surface area (Å²) >= 11 is 0. The van der Waals surface area contributed by atoms with Crippen LogP contribution in [-0.4, -0.2) is 22.2 Å². The molecule has 0 aliphatic rings. The van der Waals surface area contributed by atoms with Gasteiger partial charge in [0.15, 0.2) is 0 Å². The number of rotatable bonds is 4. The molecule has 1 atom stereocenters. The van der Waals surface area contributed by atoms with Crippen molar-refractivity contribution in [3.63, 3.8) is 0 Å². The molecule has 94 valence electrons. The molecule has 0 aliphatic carbocycles. The van der Waals surface area contributed by atoms with Gasteiger partial charge in [0.2, 0.25) is 0 Å². The van der Waals surface area contributed by atoms with Crippen LogP contribution in [0.3, 0.4) is 0 Å². The Morgan fingerprint density at radius 2 is 2.17 bits per heavy atom. The number of ether oxygens (including phenoxy) is 1. The van der Waals surface area contributed by atoms with Crippen molar-refractivity contribution < 1.29 is 14.6 Å². The second-order valence-corrected chi connectivity index (χ2v) is 4.31. The van der Waals surface area contributed by atoms with E-state index < -0.39 is 5.97 Å². The highest BCUT2D eigenvalue weighted by Gasteiger charge is 2.11. The van der Waals surface area contributed by atoms with Crippen LogP contribution < -0.4 is 4.74 Å². The molecule has 1 N–H and O–H groups in total. The maximum absolute atomic E-state index is 10.6. The normalized spacial score (nSPS) is 12.3. The van der Waals surface area contributed by atoms with Crippen LogP contribution >= 0.6 is 0 Å². The Morgan fingerprint density at radius 1 is 1.39 bits per heavy atom. The molecule has 0 spiro atoms. The number of hydrogen-bond acceptors (Lipinski definition) is 3. The fraction of sp³-hybridized carbons (Fsp3) is 0.286. The van der Waals surface area contributed by atoms with E-state index in [-0.39, 0.29) is 12.5 Å². The predicted octanol–water partition coefficient (Wildman–Crippen LogP) is 2.79. The van der Waals surface area contributed by atoms with Gasteiger partial charge < -0.3 is 9.84 Å². The maximum atomic E-state index is 10.6. The molecule has 2 aromatic rings. The average Bonchev–Trinajstić information content (AvgIpc) is 2.28. The van der Waals surface area contributed by atoms with Gasteiger partial charge in [0.1, 0.15) is 17.4 Å². The zero-order chi connectivity index (χ0) is 13.1. The molecule has 0 bridgehead atoms. The lowest BCUT2D eigenvalue weighted by molar-refractivity contribution is -0.138. The Balaban J connectivity index is 2.32. The van der Waals surface area contributed by atoms with Gasteiger partial charge in [-0.2, -0.15) is 0 Å². The highest BCUT2D eigenvalue weighted by molar-refractivity contribution is 5.84. The number of fused-ring (bicyclic) bond motifs is 1. The van der Waals surface area contributed by atoms with E-state index in [0.717, 1.165) is 16.6 Å². The highest BCUT2D eigenvalue weighted by atomic mass is 16.5. The molecule has 1 aromatic carbocycles. The number of hydrogen-bond donors (Lipinski definition) is 1. The summed E-state index contributed by atoms with van der Waals surface area (Å²) in [5, 5.41) is 9.71. The fourth-order valence-electron chi connectivity index (χ4n) is 1.82. The highest BCUT2D eigenvalue weighted by Crippen LogP contribution is 2.25. The summed E-state index contributed by atoms with van der Waals surface area (Å²) in [5.41, 5.74) is 1.68. The van der Waals surface area contributed by atoms with Crippen molar-refractivity contribution in [2.75, 3.05) is 0 Å². The number of carbonyl (C=O) groups is 1. The summed E-state index contributed by atoms with van der Waals surface area (Å²) in [4.78, 5) is 15.1. The largest absolute Gasteiger partial charge is 0.488 e. The number of carboxylic acid groups (broad SMARTS) is 1. The number of para-hydroxylation sites is 1. The molecular weight excluding hydrogens is 230 g/mol. The van der Waals surface area contributed by atoms with Gasteiger partial charge in [0.25, 0.3) is 0 Å². The van der Waals surface area contributed by atoms with Crippen LogP contribution in [0.5, 0.6) is 5.75 Å². The molecular formula is C14H15NO3. The lowest BCUT2D eigenvalue weighted by Gasteiger charge is -2.14. The maximum Gasteiger partial charge on any atom is 0.307 e. The second-order valence-electron chi connectivity index (χ2n) is 4.31. The monoisotopic (exact) mass is 245 g/mol. The molecule has 1 aromatic heterocycles. The third-order valence-electron chi connectivity index (χ3n) is 2.61. The smallest absolute Gasteiger partial charge is 0.307 e. The van der Waals surface area contributed by atoms with E-state index in [9.17, 15) is 4.79 Å². The molecule has 4 nitrogen and oxygen atoms in total. The van der Waals surface area contributed by atoms with E-state index in [1.54, 1.807) is 6.92 Å². The van der Waals surface area contributed by atoms with Gasteiger partial charge >= 0.3 is 5.97 Å². The molecule has 0 unspecified atom stereocenters. The van der Waals surface area contributed by atoms with Crippen LogP contribution in [0.1, 0.15) is 19.0 Å². The van der Waals surface area contributed by atoms with Crippen LogP contribution in [0.2, 0.25) is 0 Å². The standard InChI is InChI=1S/C14H15NO3/c1-9-6-7-11-4-3-5-12(14(11)15-9)18-10(2)8-13(16)17/h3-7,10H,8H2,1-2H3,(H,16,17)/t10-/m0/s1. The van der Waals surface area contributed by atoms with Crippen molar-refractivity contribution in [1.82, 2.24) is 4.98 Å². The molecule has 0 saturated heterocycles. The molecule has 0 saturated carbocycles. The predicted molar refractivity (Wildman–Crippen MR) is 68.8 cm³/mol. The van der Waals surface area contributed by atoms with Crippen molar-refractivity contribution in [3.05, 3.63) is 36.0 Å². The summed E-state index contributed by atoms with van der Waals surface area (Å²) in [5.74, 6) is -0.239. The fourth-order valence-corrected chi connectivity index (χ4v) is 1.82. The topological polar surface area (TPSA) is 59.4 Å². The Labute approximate surface area is 105 Å². The van der Waals surface area contributed by atoms with E-state index in [2.05, 4.69) is 4.98 Å². The Bertz CT molecular complexity index is 580. The van der Waals surface area contributed by atoms with E-state index in [1.807, 2.05) is 37.3 Å². The lowest BCUT2D eigenvalue weighted by atomic mass is 10.2. The first-order valence-corrected chi connectivity index (χ1v) is 5.81. The molecule has 0 fully saturated rings. The second kappa shape index (κ2) is 5.04. The van der Waals surface area contributed by atoms with Gasteiger partial charge in [-0.15, -0.1) is 0 Å². The molecule has 0 radical (unpaired) electrons. The van der Waals surface area contributed by atoms with Crippen molar-refractivity contribution in [1.29, 1.82) is 0 Å². The third kappa shape index (κ3) is 2.77. The van der Waals surface area contributed by atoms with Crippen LogP contribution in [0.15, 0.2) is 30.3 Å². The van der Waals surface area contributed by atoms with Gasteiger partial charge in [0.05, 0.1) is 6.42 Å². The molecule has 0 aliphatic heterocycles.